The Labute approximate surface area is 107 Å². The molecule has 0 aliphatic carbocycles. The number of hydrogen-bond acceptors (Lipinski definition) is 4. The number of amidine groups is 1. The summed E-state index contributed by atoms with van der Waals surface area (Å²) in [4.78, 5) is 6.64. The molecule has 4 heteroatoms. The zero-order valence-corrected chi connectivity index (χ0v) is 11.4. The highest BCUT2D eigenvalue weighted by molar-refractivity contribution is 8.15. The molecule has 0 saturated carbocycles. The maximum atomic E-state index is 4.53. The van der Waals surface area contributed by atoms with E-state index < -0.39 is 0 Å². The van der Waals surface area contributed by atoms with Crippen molar-refractivity contribution in [2.24, 2.45) is 4.99 Å². The van der Waals surface area contributed by atoms with Crippen LogP contribution >= 0.6 is 11.8 Å². The summed E-state index contributed by atoms with van der Waals surface area (Å²) in [6.07, 6.45) is 1.18. The highest BCUT2D eigenvalue weighted by atomic mass is 32.2. The first-order valence-corrected chi connectivity index (χ1v) is 6.83. The number of nitrogens with one attached hydrogen (secondary N) is 1. The number of para-hydroxylation sites is 2. The molecular formula is C13H19N3S. The Bertz CT molecular complexity index is 415. The predicted molar refractivity (Wildman–Crippen MR) is 78.4 cm³/mol. The summed E-state index contributed by atoms with van der Waals surface area (Å²) < 4.78 is 0. The second-order valence-corrected chi connectivity index (χ2v) is 5.62. The Hall–Kier alpha value is -1.16. The minimum Gasteiger partial charge on any atom is -0.376 e. The molecule has 1 aliphatic heterocycles. The smallest absolute Gasteiger partial charge is 0.161 e. The quantitative estimate of drug-likeness (QED) is 0.892. The second-order valence-electron chi connectivity index (χ2n) is 4.33. The van der Waals surface area contributed by atoms with Gasteiger partial charge in [-0.15, -0.1) is 0 Å². The van der Waals surface area contributed by atoms with Crippen LogP contribution in [0.5, 0.6) is 0 Å². The van der Waals surface area contributed by atoms with Crippen LogP contribution in [0.15, 0.2) is 29.3 Å². The average Bonchev–Trinajstić information content (AvgIpc) is 2.77. The van der Waals surface area contributed by atoms with Crippen molar-refractivity contribution in [3.05, 3.63) is 24.3 Å². The summed E-state index contributed by atoms with van der Waals surface area (Å²) in [5, 5.41) is 5.12. The summed E-state index contributed by atoms with van der Waals surface area (Å²) in [7, 11) is 4.11. The van der Waals surface area contributed by atoms with E-state index in [1.807, 2.05) is 17.8 Å². The van der Waals surface area contributed by atoms with Gasteiger partial charge < -0.3 is 10.2 Å². The monoisotopic (exact) mass is 249 g/mol. The number of nitrogens with zero attached hydrogens (tertiary/aromatic N) is 2. The molecule has 17 heavy (non-hydrogen) atoms. The number of rotatable bonds is 3. The van der Waals surface area contributed by atoms with E-state index in [4.69, 9.17) is 0 Å². The zero-order chi connectivity index (χ0) is 12.3. The van der Waals surface area contributed by atoms with Gasteiger partial charge in [-0.3, -0.25) is 4.99 Å². The fourth-order valence-electron chi connectivity index (χ4n) is 1.78. The Morgan fingerprint density at radius 1 is 1.41 bits per heavy atom. The van der Waals surface area contributed by atoms with Crippen LogP contribution in [-0.4, -0.2) is 31.1 Å². The lowest BCUT2D eigenvalue weighted by Crippen LogP contribution is -2.14. The zero-order valence-electron chi connectivity index (χ0n) is 10.6. The molecule has 0 amide bonds. The lowest BCUT2D eigenvalue weighted by Gasteiger charge is -2.18. The van der Waals surface area contributed by atoms with E-state index in [1.54, 1.807) is 0 Å². The molecule has 1 aliphatic rings. The maximum absolute atomic E-state index is 4.53. The van der Waals surface area contributed by atoms with Crippen LogP contribution in [0.25, 0.3) is 0 Å². The molecule has 0 bridgehead atoms. The van der Waals surface area contributed by atoms with Gasteiger partial charge in [-0.05, 0) is 18.6 Å². The van der Waals surface area contributed by atoms with E-state index in [0.29, 0.717) is 5.25 Å². The van der Waals surface area contributed by atoms with Crippen molar-refractivity contribution in [1.29, 1.82) is 0 Å². The van der Waals surface area contributed by atoms with Crippen LogP contribution in [0.1, 0.15) is 13.3 Å². The van der Waals surface area contributed by atoms with Gasteiger partial charge in [-0.25, -0.2) is 0 Å². The summed E-state index contributed by atoms with van der Waals surface area (Å²) >= 11 is 1.85. The van der Waals surface area contributed by atoms with Gasteiger partial charge in [-0.2, -0.15) is 0 Å². The van der Waals surface area contributed by atoms with E-state index in [2.05, 4.69) is 54.4 Å². The Morgan fingerprint density at radius 2 is 2.18 bits per heavy atom. The van der Waals surface area contributed by atoms with Crippen LogP contribution in [-0.2, 0) is 0 Å². The van der Waals surface area contributed by atoms with Gasteiger partial charge in [0.1, 0.15) is 0 Å². The van der Waals surface area contributed by atoms with Gasteiger partial charge in [0.2, 0.25) is 0 Å². The van der Waals surface area contributed by atoms with Gasteiger partial charge >= 0.3 is 0 Å². The number of benzene rings is 1. The van der Waals surface area contributed by atoms with E-state index >= 15 is 0 Å². The minimum atomic E-state index is 0.643. The van der Waals surface area contributed by atoms with Crippen LogP contribution in [0.2, 0.25) is 0 Å². The third kappa shape index (κ3) is 2.94. The topological polar surface area (TPSA) is 27.6 Å². The molecule has 92 valence electrons. The summed E-state index contributed by atoms with van der Waals surface area (Å²) in [5.41, 5.74) is 2.32. The fraction of sp³-hybridized carbons (Fsp3) is 0.462. The van der Waals surface area contributed by atoms with E-state index in [9.17, 15) is 0 Å². The van der Waals surface area contributed by atoms with Gasteiger partial charge in [0, 0.05) is 19.3 Å². The molecule has 2 rings (SSSR count). The van der Waals surface area contributed by atoms with Crippen molar-refractivity contribution in [3.8, 4) is 0 Å². The lowest BCUT2D eigenvalue weighted by molar-refractivity contribution is 0.843. The SMILES string of the molecule is CCC1CN=C(Nc2ccccc2N(C)C)S1. The molecular weight excluding hydrogens is 230 g/mol. The van der Waals surface area contributed by atoms with Gasteiger partial charge in [0.25, 0.3) is 0 Å². The third-order valence-corrected chi connectivity index (χ3v) is 4.07. The third-order valence-electron chi connectivity index (χ3n) is 2.80. The highest BCUT2D eigenvalue weighted by Crippen LogP contribution is 2.28. The molecule has 1 atom stereocenters. The number of anilines is 2. The van der Waals surface area contributed by atoms with Gasteiger partial charge in [0.05, 0.1) is 17.9 Å². The van der Waals surface area contributed by atoms with Crippen LogP contribution in [0.3, 0.4) is 0 Å². The molecule has 0 fully saturated rings. The summed E-state index contributed by atoms with van der Waals surface area (Å²) in [5.74, 6) is 0. The first kappa shape index (κ1) is 12.3. The number of aliphatic imine (C=N–C) groups is 1. The molecule has 3 nitrogen and oxygen atoms in total. The van der Waals surface area contributed by atoms with Gasteiger partial charge in [0.15, 0.2) is 5.17 Å². The van der Waals surface area contributed by atoms with E-state index in [-0.39, 0.29) is 0 Å². The molecule has 0 radical (unpaired) electrons. The summed E-state index contributed by atoms with van der Waals surface area (Å²) in [6, 6.07) is 8.31. The predicted octanol–water partition coefficient (Wildman–Crippen LogP) is 3.05. The molecule has 1 heterocycles. The molecule has 1 aromatic carbocycles. The molecule has 0 aromatic heterocycles. The number of hydrogen-bond donors (Lipinski definition) is 1. The summed E-state index contributed by atoms with van der Waals surface area (Å²) in [6.45, 7) is 3.15. The number of thioether (sulfide) groups is 1. The molecule has 0 spiro atoms. The first-order valence-electron chi connectivity index (χ1n) is 5.95. The Kier molecular flexibility index (Phi) is 3.94. The average molecular weight is 249 g/mol. The van der Waals surface area contributed by atoms with Crippen LogP contribution in [0, 0.1) is 0 Å². The first-order chi connectivity index (χ1) is 8.20. The van der Waals surface area contributed by atoms with Gasteiger partial charge in [-0.1, -0.05) is 30.8 Å². The Morgan fingerprint density at radius 3 is 2.82 bits per heavy atom. The fourth-order valence-corrected chi connectivity index (χ4v) is 2.73. The minimum absolute atomic E-state index is 0.643. The molecule has 1 unspecified atom stereocenters. The van der Waals surface area contributed by atoms with Crippen LogP contribution in [0.4, 0.5) is 11.4 Å². The van der Waals surface area contributed by atoms with Crippen molar-refractivity contribution in [3.63, 3.8) is 0 Å². The van der Waals surface area contributed by atoms with Crippen molar-refractivity contribution in [2.45, 2.75) is 18.6 Å². The van der Waals surface area contributed by atoms with Crippen LogP contribution < -0.4 is 10.2 Å². The highest BCUT2D eigenvalue weighted by Gasteiger charge is 2.18. The van der Waals surface area contributed by atoms with E-state index in [0.717, 1.165) is 17.4 Å². The van der Waals surface area contributed by atoms with Crippen molar-refractivity contribution in [1.82, 2.24) is 0 Å². The van der Waals surface area contributed by atoms with Crippen molar-refractivity contribution in [2.75, 3.05) is 30.9 Å². The van der Waals surface area contributed by atoms with Crippen molar-refractivity contribution < 1.29 is 0 Å². The lowest BCUT2D eigenvalue weighted by atomic mass is 10.2. The normalized spacial score (nSPS) is 19.0. The van der Waals surface area contributed by atoms with E-state index in [1.165, 1.54) is 12.1 Å². The molecule has 1 aromatic rings. The molecule has 0 saturated heterocycles. The standard InChI is InChI=1S/C13H19N3S/c1-4-10-9-14-13(17-10)15-11-7-5-6-8-12(11)16(2)3/h5-8,10H,4,9H2,1-3H3,(H,14,15). The van der Waals surface area contributed by atoms with Crippen molar-refractivity contribution >= 4 is 28.3 Å². The second kappa shape index (κ2) is 5.45. The molecule has 1 N–H and O–H groups in total. The Balaban J connectivity index is 2.09. The maximum Gasteiger partial charge on any atom is 0.161 e. The largest absolute Gasteiger partial charge is 0.376 e.